The van der Waals surface area contributed by atoms with E-state index in [4.69, 9.17) is 0 Å². The Hall–Kier alpha value is -1.89. The Labute approximate surface area is 141 Å². The number of amides is 1. The quantitative estimate of drug-likeness (QED) is 0.870. The first-order valence-corrected chi connectivity index (χ1v) is 8.60. The molecular formula is C17H17F3N2OS. The van der Waals surface area contributed by atoms with E-state index in [9.17, 15) is 18.0 Å². The van der Waals surface area contributed by atoms with Crippen LogP contribution in [0.5, 0.6) is 0 Å². The van der Waals surface area contributed by atoms with Gasteiger partial charge in [-0.1, -0.05) is 12.8 Å². The van der Waals surface area contributed by atoms with Crippen molar-refractivity contribution in [2.75, 3.05) is 0 Å². The first-order chi connectivity index (χ1) is 11.3. The molecule has 7 heteroatoms. The molecule has 2 aromatic rings. The second-order valence-corrected chi connectivity index (χ2v) is 6.97. The number of aryl methyl sites for hydroxylation is 1. The monoisotopic (exact) mass is 354 g/mol. The van der Waals surface area contributed by atoms with Crippen molar-refractivity contribution >= 4 is 17.2 Å². The summed E-state index contributed by atoms with van der Waals surface area (Å²) >= 11 is 1.51. The number of carbonyl (C=O) groups excluding carboxylic acids is 1. The molecule has 128 valence electrons. The van der Waals surface area contributed by atoms with Crippen LogP contribution in [-0.4, -0.2) is 10.9 Å². The predicted octanol–water partition coefficient (Wildman–Crippen LogP) is 4.67. The summed E-state index contributed by atoms with van der Waals surface area (Å²) in [6, 6.07) is 4.30. The van der Waals surface area contributed by atoms with Gasteiger partial charge in [-0.2, -0.15) is 13.2 Å². The number of hydrogen-bond donors (Lipinski definition) is 1. The zero-order valence-electron chi connectivity index (χ0n) is 13.1. The number of halogens is 3. The number of nitrogens with zero attached hydrogens (tertiary/aromatic N) is 1. The van der Waals surface area contributed by atoms with E-state index in [-0.39, 0.29) is 11.5 Å². The zero-order chi connectivity index (χ0) is 17.4. The summed E-state index contributed by atoms with van der Waals surface area (Å²) in [5.74, 6) is -0.363. The van der Waals surface area contributed by atoms with E-state index in [0.717, 1.165) is 48.5 Å². The van der Waals surface area contributed by atoms with E-state index in [1.165, 1.54) is 23.5 Å². The highest BCUT2D eigenvalue weighted by atomic mass is 32.1. The zero-order valence-corrected chi connectivity index (χ0v) is 13.9. The van der Waals surface area contributed by atoms with E-state index in [1.54, 1.807) is 0 Å². The Bertz CT molecular complexity index is 731. The van der Waals surface area contributed by atoms with E-state index in [2.05, 4.69) is 10.3 Å². The Morgan fingerprint density at radius 3 is 2.33 bits per heavy atom. The van der Waals surface area contributed by atoms with Gasteiger partial charge in [0.25, 0.3) is 5.91 Å². The molecule has 1 aliphatic rings. The molecule has 0 bridgehead atoms. The van der Waals surface area contributed by atoms with Gasteiger partial charge in [0.15, 0.2) is 0 Å². The van der Waals surface area contributed by atoms with Gasteiger partial charge in [-0.05, 0) is 44.0 Å². The summed E-state index contributed by atoms with van der Waals surface area (Å²) < 4.78 is 37.9. The molecule has 3 nitrogen and oxygen atoms in total. The van der Waals surface area contributed by atoms with Gasteiger partial charge in [-0.15, -0.1) is 11.3 Å². The summed E-state index contributed by atoms with van der Waals surface area (Å²) in [6.07, 6.45) is -0.823. The molecule has 1 aromatic heterocycles. The molecule has 0 spiro atoms. The third kappa shape index (κ3) is 3.31. The van der Waals surface area contributed by atoms with Crippen LogP contribution in [0.1, 0.15) is 52.3 Å². The van der Waals surface area contributed by atoms with Crippen molar-refractivity contribution in [3.8, 4) is 0 Å². The van der Waals surface area contributed by atoms with Crippen LogP contribution in [0.15, 0.2) is 29.6 Å². The first-order valence-electron chi connectivity index (χ1n) is 7.73. The number of benzene rings is 1. The van der Waals surface area contributed by atoms with Crippen molar-refractivity contribution in [3.05, 3.63) is 51.5 Å². The Morgan fingerprint density at radius 2 is 1.83 bits per heavy atom. The van der Waals surface area contributed by atoms with Crippen LogP contribution in [0, 0.1) is 6.92 Å². The molecule has 1 aromatic carbocycles. The van der Waals surface area contributed by atoms with Gasteiger partial charge in [0, 0.05) is 16.6 Å². The number of aromatic nitrogens is 1. The third-order valence-electron chi connectivity index (χ3n) is 4.31. The summed E-state index contributed by atoms with van der Waals surface area (Å²) in [5.41, 5.74) is -0.128. The summed E-state index contributed by atoms with van der Waals surface area (Å²) in [5, 5.41) is 5.84. The van der Waals surface area contributed by atoms with Crippen molar-refractivity contribution in [1.82, 2.24) is 10.3 Å². The molecule has 0 atom stereocenters. The molecule has 24 heavy (non-hydrogen) atoms. The molecule has 0 aliphatic heterocycles. The van der Waals surface area contributed by atoms with Crippen molar-refractivity contribution < 1.29 is 18.0 Å². The predicted molar refractivity (Wildman–Crippen MR) is 85.9 cm³/mol. The molecule has 3 rings (SSSR count). The molecular weight excluding hydrogens is 337 g/mol. The van der Waals surface area contributed by atoms with Crippen LogP contribution >= 0.6 is 11.3 Å². The van der Waals surface area contributed by atoms with E-state index in [1.807, 2.05) is 12.3 Å². The van der Waals surface area contributed by atoms with Gasteiger partial charge in [0.1, 0.15) is 5.01 Å². The Kier molecular flexibility index (Phi) is 4.38. The fraction of sp³-hybridized carbons (Fsp3) is 0.412. The van der Waals surface area contributed by atoms with Crippen LogP contribution in [0.25, 0.3) is 0 Å². The van der Waals surface area contributed by atoms with Gasteiger partial charge < -0.3 is 5.32 Å². The van der Waals surface area contributed by atoms with Gasteiger partial charge >= 0.3 is 6.18 Å². The van der Waals surface area contributed by atoms with Crippen LogP contribution in [0.3, 0.4) is 0 Å². The highest BCUT2D eigenvalue weighted by Crippen LogP contribution is 2.40. The van der Waals surface area contributed by atoms with Crippen LogP contribution in [0.2, 0.25) is 0 Å². The van der Waals surface area contributed by atoms with Crippen molar-refractivity contribution in [2.24, 2.45) is 0 Å². The van der Waals surface area contributed by atoms with Crippen LogP contribution in [0.4, 0.5) is 13.2 Å². The van der Waals surface area contributed by atoms with Gasteiger partial charge in [-0.25, -0.2) is 4.98 Å². The minimum absolute atomic E-state index is 0.225. The lowest BCUT2D eigenvalue weighted by atomic mass is 9.97. The molecule has 0 radical (unpaired) electrons. The molecule has 1 N–H and O–H groups in total. The fourth-order valence-corrected chi connectivity index (χ4v) is 4.06. The lowest BCUT2D eigenvalue weighted by Gasteiger charge is -2.28. The van der Waals surface area contributed by atoms with Crippen molar-refractivity contribution in [1.29, 1.82) is 0 Å². The topological polar surface area (TPSA) is 42.0 Å². The smallest absolute Gasteiger partial charge is 0.340 e. The number of hydrogen-bond acceptors (Lipinski definition) is 3. The molecule has 1 heterocycles. The summed E-state index contributed by atoms with van der Waals surface area (Å²) in [6.45, 7) is 1.90. The van der Waals surface area contributed by atoms with E-state index in [0.29, 0.717) is 0 Å². The third-order valence-corrected chi connectivity index (χ3v) is 5.48. The second-order valence-electron chi connectivity index (χ2n) is 6.11. The maximum absolute atomic E-state index is 12.6. The van der Waals surface area contributed by atoms with E-state index < -0.39 is 17.3 Å². The van der Waals surface area contributed by atoms with Crippen molar-refractivity contribution in [3.63, 3.8) is 0 Å². The highest BCUT2D eigenvalue weighted by Gasteiger charge is 2.40. The Morgan fingerprint density at radius 1 is 1.21 bits per heavy atom. The van der Waals surface area contributed by atoms with E-state index >= 15 is 0 Å². The lowest BCUT2D eigenvalue weighted by Crippen LogP contribution is -2.43. The highest BCUT2D eigenvalue weighted by molar-refractivity contribution is 7.09. The van der Waals surface area contributed by atoms with Gasteiger partial charge in [-0.3, -0.25) is 4.79 Å². The maximum Gasteiger partial charge on any atom is 0.416 e. The van der Waals surface area contributed by atoms with Crippen LogP contribution < -0.4 is 5.32 Å². The molecule has 1 saturated carbocycles. The molecule has 1 amide bonds. The SMILES string of the molecule is Cc1csc(C2(NC(=O)c3ccc(C(F)(F)F)cc3)CCCC2)n1. The Balaban J connectivity index is 1.82. The van der Waals surface area contributed by atoms with Gasteiger partial charge in [0.2, 0.25) is 0 Å². The number of alkyl halides is 3. The summed E-state index contributed by atoms with van der Waals surface area (Å²) in [4.78, 5) is 17.0. The van der Waals surface area contributed by atoms with Crippen LogP contribution in [-0.2, 0) is 11.7 Å². The number of nitrogens with one attached hydrogen (secondary N) is 1. The largest absolute Gasteiger partial charge is 0.416 e. The minimum Gasteiger partial charge on any atom is -0.340 e. The second kappa shape index (κ2) is 6.20. The molecule has 1 aliphatic carbocycles. The standard InChI is InChI=1S/C17H17F3N2OS/c1-11-10-24-15(21-11)16(8-2-3-9-16)22-14(23)12-4-6-13(7-5-12)17(18,19)20/h4-7,10H,2-3,8-9H2,1H3,(H,22,23). The number of thiazole rings is 1. The molecule has 0 unspecified atom stereocenters. The van der Waals surface area contributed by atoms with Gasteiger partial charge in [0.05, 0.1) is 11.1 Å². The number of rotatable bonds is 3. The normalized spacial score (nSPS) is 17.0. The maximum atomic E-state index is 12.6. The first kappa shape index (κ1) is 17.0. The van der Waals surface area contributed by atoms with Crippen molar-refractivity contribution in [2.45, 2.75) is 44.3 Å². The molecule has 1 fully saturated rings. The lowest BCUT2D eigenvalue weighted by molar-refractivity contribution is -0.137. The number of carbonyl (C=O) groups is 1. The summed E-state index contributed by atoms with van der Waals surface area (Å²) in [7, 11) is 0. The average molecular weight is 354 g/mol. The fourth-order valence-electron chi connectivity index (χ4n) is 3.04. The molecule has 0 saturated heterocycles. The average Bonchev–Trinajstić information content (AvgIpc) is 3.16. The minimum atomic E-state index is -4.40.